The molecular weight excluding hydrogens is 204 g/mol. The molecule has 1 nitrogen and oxygen atoms in total. The lowest BCUT2D eigenvalue weighted by atomic mass is 9.88. The molecule has 1 aliphatic heterocycles. The van der Waals surface area contributed by atoms with E-state index in [-0.39, 0.29) is 6.10 Å². The second-order valence-electron chi connectivity index (χ2n) is 4.89. The highest BCUT2D eigenvalue weighted by Crippen LogP contribution is 2.36. The maximum absolute atomic E-state index is 9.88. The third kappa shape index (κ3) is 4.60. The van der Waals surface area contributed by atoms with E-state index in [0.29, 0.717) is 5.92 Å². The fourth-order valence-corrected chi connectivity index (χ4v) is 3.56. The predicted octanol–water partition coefficient (Wildman–Crippen LogP) is 3.48. The van der Waals surface area contributed by atoms with Gasteiger partial charge >= 0.3 is 0 Å². The van der Waals surface area contributed by atoms with Crippen LogP contribution >= 0.6 is 11.8 Å². The molecule has 0 amide bonds. The minimum atomic E-state index is -0.124. The van der Waals surface area contributed by atoms with Crippen LogP contribution in [0.25, 0.3) is 0 Å². The van der Waals surface area contributed by atoms with Crippen molar-refractivity contribution in [2.24, 2.45) is 11.8 Å². The van der Waals surface area contributed by atoms with Crippen LogP contribution in [0.2, 0.25) is 0 Å². The van der Waals surface area contributed by atoms with E-state index < -0.39 is 0 Å². The molecule has 1 N–H and O–H groups in total. The molecule has 15 heavy (non-hydrogen) atoms. The predicted molar refractivity (Wildman–Crippen MR) is 69.2 cm³/mol. The molecule has 4 atom stereocenters. The van der Waals surface area contributed by atoms with Crippen molar-refractivity contribution in [2.75, 3.05) is 5.75 Å². The SMILES string of the molecule is C=CCC[C@H](O)CC1CC(C)CSC1C. The van der Waals surface area contributed by atoms with Crippen LogP contribution < -0.4 is 0 Å². The Morgan fingerprint density at radius 3 is 2.93 bits per heavy atom. The third-order valence-electron chi connectivity index (χ3n) is 3.29. The molecule has 0 aromatic rings. The molecule has 0 radical (unpaired) electrons. The van der Waals surface area contributed by atoms with Crippen molar-refractivity contribution in [1.29, 1.82) is 0 Å². The molecule has 1 rings (SSSR count). The smallest absolute Gasteiger partial charge is 0.0546 e. The minimum Gasteiger partial charge on any atom is -0.393 e. The molecule has 2 heteroatoms. The summed E-state index contributed by atoms with van der Waals surface area (Å²) >= 11 is 2.07. The molecule has 1 saturated heterocycles. The summed E-state index contributed by atoms with van der Waals surface area (Å²) in [4.78, 5) is 0. The molecule has 0 aliphatic carbocycles. The van der Waals surface area contributed by atoms with E-state index in [0.717, 1.165) is 30.4 Å². The van der Waals surface area contributed by atoms with E-state index in [1.54, 1.807) is 0 Å². The van der Waals surface area contributed by atoms with Crippen LogP contribution in [-0.2, 0) is 0 Å². The lowest BCUT2D eigenvalue weighted by Gasteiger charge is -2.33. The van der Waals surface area contributed by atoms with Gasteiger partial charge in [-0.2, -0.15) is 11.8 Å². The Morgan fingerprint density at radius 2 is 2.27 bits per heavy atom. The number of thioether (sulfide) groups is 1. The molecule has 1 fully saturated rings. The van der Waals surface area contributed by atoms with Crippen molar-refractivity contribution >= 4 is 11.8 Å². The van der Waals surface area contributed by atoms with Crippen molar-refractivity contribution in [1.82, 2.24) is 0 Å². The van der Waals surface area contributed by atoms with Crippen LogP contribution in [0.4, 0.5) is 0 Å². The summed E-state index contributed by atoms with van der Waals surface area (Å²) in [5.41, 5.74) is 0. The van der Waals surface area contributed by atoms with Gasteiger partial charge in [0.05, 0.1) is 6.10 Å². The van der Waals surface area contributed by atoms with Crippen LogP contribution in [0.3, 0.4) is 0 Å². The van der Waals surface area contributed by atoms with E-state index in [2.05, 4.69) is 32.2 Å². The Morgan fingerprint density at radius 1 is 1.53 bits per heavy atom. The van der Waals surface area contributed by atoms with Gasteiger partial charge in [0.1, 0.15) is 0 Å². The lowest BCUT2D eigenvalue weighted by molar-refractivity contribution is 0.127. The summed E-state index contributed by atoms with van der Waals surface area (Å²) in [7, 11) is 0. The zero-order valence-corrected chi connectivity index (χ0v) is 10.8. The molecule has 0 saturated carbocycles. The fourth-order valence-electron chi connectivity index (χ4n) is 2.29. The zero-order chi connectivity index (χ0) is 11.3. The van der Waals surface area contributed by atoms with Crippen molar-refractivity contribution in [3.8, 4) is 0 Å². The summed E-state index contributed by atoms with van der Waals surface area (Å²) in [6, 6.07) is 0. The lowest BCUT2D eigenvalue weighted by Crippen LogP contribution is -2.28. The van der Waals surface area contributed by atoms with Gasteiger partial charge in [0, 0.05) is 5.25 Å². The van der Waals surface area contributed by atoms with Gasteiger partial charge in [-0.25, -0.2) is 0 Å². The maximum Gasteiger partial charge on any atom is 0.0546 e. The first-order chi connectivity index (χ1) is 7.13. The summed E-state index contributed by atoms with van der Waals surface area (Å²) in [6.45, 7) is 8.32. The van der Waals surface area contributed by atoms with Gasteiger partial charge in [0.2, 0.25) is 0 Å². The van der Waals surface area contributed by atoms with Gasteiger partial charge in [-0.15, -0.1) is 6.58 Å². The first-order valence-electron chi connectivity index (χ1n) is 6.04. The van der Waals surface area contributed by atoms with Crippen LogP contribution in [0.15, 0.2) is 12.7 Å². The Balaban J connectivity index is 2.31. The Bertz CT molecular complexity index is 193. The average molecular weight is 228 g/mol. The van der Waals surface area contributed by atoms with Gasteiger partial charge < -0.3 is 5.11 Å². The Labute approximate surface area is 98.3 Å². The monoisotopic (exact) mass is 228 g/mol. The topological polar surface area (TPSA) is 20.2 Å². The van der Waals surface area contributed by atoms with Crippen molar-refractivity contribution < 1.29 is 5.11 Å². The summed E-state index contributed by atoms with van der Waals surface area (Å²) in [6.07, 6.45) is 5.86. The fraction of sp³-hybridized carbons (Fsp3) is 0.846. The highest BCUT2D eigenvalue weighted by Gasteiger charge is 2.27. The maximum atomic E-state index is 9.88. The van der Waals surface area contributed by atoms with Crippen LogP contribution in [-0.4, -0.2) is 22.2 Å². The number of aliphatic hydroxyl groups excluding tert-OH is 1. The van der Waals surface area contributed by atoms with Gasteiger partial charge in [-0.3, -0.25) is 0 Å². The van der Waals surface area contributed by atoms with Crippen molar-refractivity contribution in [2.45, 2.75) is 50.9 Å². The van der Waals surface area contributed by atoms with Gasteiger partial charge in [-0.05, 0) is 43.3 Å². The quantitative estimate of drug-likeness (QED) is 0.727. The number of hydrogen-bond donors (Lipinski definition) is 1. The number of rotatable bonds is 5. The zero-order valence-electron chi connectivity index (χ0n) is 9.98. The first-order valence-corrected chi connectivity index (χ1v) is 7.09. The van der Waals surface area contributed by atoms with Crippen LogP contribution in [0.5, 0.6) is 0 Å². The van der Waals surface area contributed by atoms with E-state index >= 15 is 0 Å². The molecule has 0 spiro atoms. The standard InChI is InChI=1S/C13H24OS/c1-4-5-6-13(14)8-12-7-10(2)9-15-11(12)3/h4,10-14H,1,5-9H2,2-3H3/t10?,11?,12?,13-/m0/s1. The molecule has 88 valence electrons. The van der Waals surface area contributed by atoms with Gasteiger partial charge in [0.15, 0.2) is 0 Å². The normalized spacial score (nSPS) is 33.7. The van der Waals surface area contributed by atoms with E-state index in [9.17, 15) is 5.11 Å². The molecular formula is C13H24OS. The Hall–Kier alpha value is 0.0500. The highest BCUT2D eigenvalue weighted by molar-refractivity contribution is 7.99. The number of allylic oxidation sites excluding steroid dienone is 1. The second kappa shape index (κ2) is 6.59. The van der Waals surface area contributed by atoms with Crippen LogP contribution in [0, 0.1) is 11.8 Å². The molecule has 3 unspecified atom stereocenters. The summed E-state index contributed by atoms with van der Waals surface area (Å²) < 4.78 is 0. The van der Waals surface area contributed by atoms with Gasteiger partial charge in [0.25, 0.3) is 0 Å². The molecule has 0 aromatic carbocycles. The van der Waals surface area contributed by atoms with Crippen LogP contribution in [0.1, 0.15) is 39.5 Å². The number of aliphatic hydroxyl groups is 1. The second-order valence-corrected chi connectivity index (χ2v) is 6.31. The molecule has 0 aromatic heterocycles. The summed E-state index contributed by atoms with van der Waals surface area (Å²) in [5.74, 6) is 2.82. The van der Waals surface area contributed by atoms with E-state index in [1.807, 2.05) is 6.08 Å². The molecule has 1 aliphatic rings. The van der Waals surface area contributed by atoms with Crippen molar-refractivity contribution in [3.05, 3.63) is 12.7 Å². The third-order valence-corrected chi connectivity index (χ3v) is 4.96. The van der Waals surface area contributed by atoms with E-state index in [1.165, 1.54) is 12.2 Å². The number of hydrogen-bond acceptors (Lipinski definition) is 2. The largest absolute Gasteiger partial charge is 0.393 e. The Kier molecular flexibility index (Phi) is 5.77. The first kappa shape index (κ1) is 13.1. The molecule has 1 heterocycles. The van der Waals surface area contributed by atoms with Gasteiger partial charge in [-0.1, -0.05) is 19.9 Å². The van der Waals surface area contributed by atoms with Crippen molar-refractivity contribution in [3.63, 3.8) is 0 Å². The van der Waals surface area contributed by atoms with E-state index in [4.69, 9.17) is 0 Å². The minimum absolute atomic E-state index is 0.124. The molecule has 0 bridgehead atoms. The highest BCUT2D eigenvalue weighted by atomic mass is 32.2. The summed E-state index contributed by atoms with van der Waals surface area (Å²) in [5, 5.41) is 10.6. The average Bonchev–Trinajstić information content (AvgIpc) is 2.20.